The monoisotopic (exact) mass is 318 g/mol. The maximum Gasteiger partial charge on any atom is 0.231 e. The SMILES string of the molecule is CCC(C(=O)Nc1cccc(CNC)c1)c1ccccc1.Cl. The molecule has 1 amide bonds. The molecule has 0 aliphatic carbocycles. The third kappa shape index (κ3) is 4.86. The lowest BCUT2D eigenvalue weighted by Gasteiger charge is -2.16. The van der Waals surface area contributed by atoms with Crippen LogP contribution in [0.15, 0.2) is 54.6 Å². The maximum absolute atomic E-state index is 12.5. The highest BCUT2D eigenvalue weighted by Gasteiger charge is 2.18. The summed E-state index contributed by atoms with van der Waals surface area (Å²) in [5, 5.41) is 6.14. The second-order valence-electron chi connectivity index (χ2n) is 5.09. The van der Waals surface area contributed by atoms with Crippen molar-refractivity contribution in [3.8, 4) is 0 Å². The molecular weight excluding hydrogens is 296 g/mol. The van der Waals surface area contributed by atoms with Crippen molar-refractivity contribution in [2.24, 2.45) is 0 Å². The summed E-state index contributed by atoms with van der Waals surface area (Å²) in [6.45, 7) is 2.83. The Morgan fingerprint density at radius 1 is 1.09 bits per heavy atom. The van der Waals surface area contributed by atoms with Gasteiger partial charge in [0, 0.05) is 12.2 Å². The largest absolute Gasteiger partial charge is 0.326 e. The molecule has 22 heavy (non-hydrogen) atoms. The van der Waals surface area contributed by atoms with Crippen molar-refractivity contribution in [1.82, 2.24) is 5.32 Å². The van der Waals surface area contributed by atoms with Crippen LogP contribution in [0.1, 0.15) is 30.4 Å². The predicted molar refractivity (Wildman–Crippen MR) is 94.6 cm³/mol. The summed E-state index contributed by atoms with van der Waals surface area (Å²) in [5.41, 5.74) is 3.06. The second kappa shape index (κ2) is 9.23. The smallest absolute Gasteiger partial charge is 0.231 e. The molecule has 2 aromatic rings. The first-order chi connectivity index (χ1) is 10.2. The lowest BCUT2D eigenvalue weighted by molar-refractivity contribution is -0.117. The van der Waals surface area contributed by atoms with Crippen molar-refractivity contribution in [2.45, 2.75) is 25.8 Å². The van der Waals surface area contributed by atoms with Crippen LogP contribution in [0.5, 0.6) is 0 Å². The van der Waals surface area contributed by atoms with Gasteiger partial charge in [0.15, 0.2) is 0 Å². The number of nitrogens with one attached hydrogen (secondary N) is 2. The quantitative estimate of drug-likeness (QED) is 0.846. The van der Waals surface area contributed by atoms with Gasteiger partial charge >= 0.3 is 0 Å². The summed E-state index contributed by atoms with van der Waals surface area (Å²) in [6.07, 6.45) is 0.784. The van der Waals surface area contributed by atoms with E-state index >= 15 is 0 Å². The standard InChI is InChI=1S/C18H22N2O.ClH/c1-3-17(15-9-5-4-6-10-15)18(21)20-16-11-7-8-14(12-16)13-19-2;/h4-12,17,19H,3,13H2,1-2H3,(H,20,21);1H. The summed E-state index contributed by atoms with van der Waals surface area (Å²) in [7, 11) is 1.91. The molecule has 3 nitrogen and oxygen atoms in total. The van der Waals surface area contributed by atoms with E-state index < -0.39 is 0 Å². The Bertz CT molecular complexity index is 587. The molecule has 0 fully saturated rings. The highest BCUT2D eigenvalue weighted by molar-refractivity contribution is 5.95. The van der Waals surface area contributed by atoms with Gasteiger partial charge in [0.25, 0.3) is 0 Å². The molecule has 2 rings (SSSR count). The van der Waals surface area contributed by atoms with Crippen molar-refractivity contribution in [2.75, 3.05) is 12.4 Å². The molecule has 0 aromatic heterocycles. The third-order valence-corrected chi connectivity index (χ3v) is 3.50. The normalized spacial score (nSPS) is 11.4. The van der Waals surface area contributed by atoms with Crippen LogP contribution in [0.3, 0.4) is 0 Å². The minimum Gasteiger partial charge on any atom is -0.326 e. The number of rotatable bonds is 6. The van der Waals surface area contributed by atoms with Crippen molar-refractivity contribution in [3.05, 3.63) is 65.7 Å². The van der Waals surface area contributed by atoms with E-state index in [0.717, 1.165) is 29.8 Å². The predicted octanol–water partition coefficient (Wildman–Crippen LogP) is 3.96. The van der Waals surface area contributed by atoms with Crippen LogP contribution < -0.4 is 10.6 Å². The summed E-state index contributed by atoms with van der Waals surface area (Å²) in [4.78, 5) is 12.5. The van der Waals surface area contributed by atoms with E-state index in [2.05, 4.69) is 10.6 Å². The van der Waals surface area contributed by atoms with Gasteiger partial charge in [-0.15, -0.1) is 12.4 Å². The fourth-order valence-corrected chi connectivity index (χ4v) is 2.45. The van der Waals surface area contributed by atoms with Crippen LogP contribution in [0.25, 0.3) is 0 Å². The number of benzene rings is 2. The van der Waals surface area contributed by atoms with Crippen molar-refractivity contribution in [3.63, 3.8) is 0 Å². The lowest BCUT2D eigenvalue weighted by atomic mass is 9.95. The van der Waals surface area contributed by atoms with E-state index in [4.69, 9.17) is 0 Å². The molecule has 0 saturated carbocycles. The molecule has 4 heteroatoms. The van der Waals surface area contributed by atoms with Gasteiger partial charge in [-0.1, -0.05) is 49.4 Å². The Kier molecular flexibility index (Phi) is 7.64. The van der Waals surface area contributed by atoms with E-state index in [0.29, 0.717) is 0 Å². The first-order valence-corrected chi connectivity index (χ1v) is 7.34. The molecule has 0 aliphatic rings. The van der Waals surface area contributed by atoms with E-state index in [-0.39, 0.29) is 24.2 Å². The minimum absolute atomic E-state index is 0. The summed E-state index contributed by atoms with van der Waals surface area (Å²) in [5.74, 6) is -0.0653. The van der Waals surface area contributed by atoms with Crippen molar-refractivity contribution in [1.29, 1.82) is 0 Å². The molecule has 0 aliphatic heterocycles. The van der Waals surface area contributed by atoms with Gasteiger partial charge < -0.3 is 10.6 Å². The Labute approximate surface area is 138 Å². The van der Waals surface area contributed by atoms with E-state index in [1.54, 1.807) is 0 Å². The molecule has 0 bridgehead atoms. The first-order valence-electron chi connectivity index (χ1n) is 7.34. The summed E-state index contributed by atoms with van der Waals surface area (Å²) >= 11 is 0. The zero-order chi connectivity index (χ0) is 15.1. The Balaban J connectivity index is 0.00000242. The number of carbonyl (C=O) groups is 1. The average Bonchev–Trinajstić information content (AvgIpc) is 2.50. The average molecular weight is 319 g/mol. The zero-order valence-corrected chi connectivity index (χ0v) is 13.8. The molecule has 2 N–H and O–H groups in total. The van der Waals surface area contributed by atoms with Crippen LogP contribution in [0.4, 0.5) is 5.69 Å². The van der Waals surface area contributed by atoms with Crippen LogP contribution in [-0.2, 0) is 11.3 Å². The van der Waals surface area contributed by atoms with Gasteiger partial charge in [-0.25, -0.2) is 0 Å². The fraction of sp³-hybridized carbons (Fsp3) is 0.278. The maximum atomic E-state index is 12.5. The lowest BCUT2D eigenvalue weighted by Crippen LogP contribution is -2.20. The van der Waals surface area contributed by atoms with Crippen LogP contribution in [0.2, 0.25) is 0 Å². The molecule has 0 saturated heterocycles. The van der Waals surface area contributed by atoms with Crippen molar-refractivity contribution < 1.29 is 4.79 Å². The fourth-order valence-electron chi connectivity index (χ4n) is 2.45. The molecule has 0 radical (unpaired) electrons. The van der Waals surface area contributed by atoms with Crippen molar-refractivity contribution >= 4 is 24.0 Å². The first kappa shape index (κ1) is 18.2. The highest BCUT2D eigenvalue weighted by atomic mass is 35.5. The number of hydrogen-bond donors (Lipinski definition) is 2. The number of carbonyl (C=O) groups excluding carboxylic acids is 1. The Hall–Kier alpha value is -1.84. The Morgan fingerprint density at radius 2 is 1.82 bits per heavy atom. The van der Waals surface area contributed by atoms with Gasteiger partial charge in [-0.05, 0) is 36.7 Å². The number of hydrogen-bond acceptors (Lipinski definition) is 2. The Morgan fingerprint density at radius 3 is 2.45 bits per heavy atom. The molecule has 2 aromatic carbocycles. The number of halogens is 1. The third-order valence-electron chi connectivity index (χ3n) is 3.50. The zero-order valence-electron chi connectivity index (χ0n) is 13.0. The summed E-state index contributed by atoms with van der Waals surface area (Å²) in [6, 6.07) is 17.9. The van der Waals surface area contributed by atoms with Gasteiger partial charge in [0.2, 0.25) is 5.91 Å². The van der Waals surface area contributed by atoms with E-state index in [1.807, 2.05) is 68.6 Å². The molecule has 1 unspecified atom stereocenters. The van der Waals surface area contributed by atoms with Gasteiger partial charge in [0.1, 0.15) is 0 Å². The molecule has 118 valence electrons. The van der Waals surface area contributed by atoms with Gasteiger partial charge in [-0.2, -0.15) is 0 Å². The van der Waals surface area contributed by atoms with Crippen LogP contribution >= 0.6 is 12.4 Å². The van der Waals surface area contributed by atoms with E-state index in [1.165, 1.54) is 0 Å². The summed E-state index contributed by atoms with van der Waals surface area (Å²) < 4.78 is 0. The van der Waals surface area contributed by atoms with Gasteiger partial charge in [-0.3, -0.25) is 4.79 Å². The molecule has 0 spiro atoms. The number of amides is 1. The number of anilines is 1. The molecule has 1 atom stereocenters. The van der Waals surface area contributed by atoms with Crippen LogP contribution in [-0.4, -0.2) is 13.0 Å². The minimum atomic E-state index is -0.112. The second-order valence-corrected chi connectivity index (χ2v) is 5.09. The molecular formula is C18H23ClN2O. The van der Waals surface area contributed by atoms with Crippen LogP contribution in [0, 0.1) is 0 Å². The van der Waals surface area contributed by atoms with E-state index in [9.17, 15) is 4.79 Å². The molecule has 0 heterocycles. The van der Waals surface area contributed by atoms with Gasteiger partial charge in [0.05, 0.1) is 5.92 Å². The topological polar surface area (TPSA) is 41.1 Å². The highest BCUT2D eigenvalue weighted by Crippen LogP contribution is 2.21.